The molecule has 1 aromatic heterocycles. The fourth-order valence-corrected chi connectivity index (χ4v) is 2.05. The maximum atomic E-state index is 12.7. The van der Waals surface area contributed by atoms with Gasteiger partial charge >= 0.3 is 6.18 Å². The van der Waals surface area contributed by atoms with Crippen LogP contribution >= 0.6 is 15.9 Å². The Balaban J connectivity index is 2.31. The van der Waals surface area contributed by atoms with E-state index in [0.29, 0.717) is 15.7 Å². The Kier molecular flexibility index (Phi) is 4.08. The van der Waals surface area contributed by atoms with Gasteiger partial charge in [0, 0.05) is 17.2 Å². The summed E-state index contributed by atoms with van der Waals surface area (Å²) in [7, 11) is 1.67. The average molecular weight is 362 g/mol. The Morgan fingerprint density at radius 1 is 1.38 bits per heavy atom. The summed E-state index contributed by atoms with van der Waals surface area (Å²) in [6.45, 7) is 1.70. The molecule has 2 aromatic rings. The van der Waals surface area contributed by atoms with Crippen molar-refractivity contribution in [3.8, 4) is 0 Å². The van der Waals surface area contributed by atoms with Crippen LogP contribution in [0, 0.1) is 6.92 Å². The molecule has 0 aliphatic heterocycles. The van der Waals surface area contributed by atoms with E-state index in [1.54, 1.807) is 14.0 Å². The molecule has 8 heteroatoms. The molecular formula is C13H11BrF3N3O. The van der Waals surface area contributed by atoms with E-state index in [1.807, 2.05) is 0 Å². The van der Waals surface area contributed by atoms with Gasteiger partial charge in [-0.05, 0) is 41.1 Å². The molecule has 1 heterocycles. The molecule has 0 saturated heterocycles. The van der Waals surface area contributed by atoms with Crippen LogP contribution in [-0.2, 0) is 13.2 Å². The topological polar surface area (TPSA) is 46.9 Å². The van der Waals surface area contributed by atoms with E-state index < -0.39 is 17.6 Å². The molecule has 0 fully saturated rings. The zero-order valence-corrected chi connectivity index (χ0v) is 12.7. The second-order valence-electron chi connectivity index (χ2n) is 4.41. The highest BCUT2D eigenvalue weighted by atomic mass is 79.9. The van der Waals surface area contributed by atoms with Gasteiger partial charge in [0.2, 0.25) is 0 Å². The summed E-state index contributed by atoms with van der Waals surface area (Å²) in [6, 6.07) is 3.07. The van der Waals surface area contributed by atoms with Gasteiger partial charge in [-0.3, -0.25) is 9.48 Å². The highest BCUT2D eigenvalue weighted by Crippen LogP contribution is 2.34. The summed E-state index contributed by atoms with van der Waals surface area (Å²) in [5.74, 6) is -0.513. The molecule has 0 spiro atoms. The van der Waals surface area contributed by atoms with Crippen molar-refractivity contribution in [1.82, 2.24) is 9.78 Å². The number of alkyl halides is 3. The molecule has 1 amide bonds. The van der Waals surface area contributed by atoms with Gasteiger partial charge in [0.15, 0.2) is 0 Å². The first-order valence-electron chi connectivity index (χ1n) is 5.87. The summed E-state index contributed by atoms with van der Waals surface area (Å²) in [6.07, 6.45) is -3.10. The van der Waals surface area contributed by atoms with Crippen molar-refractivity contribution in [2.24, 2.45) is 7.05 Å². The van der Waals surface area contributed by atoms with Crippen molar-refractivity contribution >= 4 is 27.5 Å². The number of rotatable bonds is 2. The number of anilines is 1. The number of hydrogen-bond acceptors (Lipinski definition) is 2. The third-order valence-corrected chi connectivity index (χ3v) is 3.71. The summed E-state index contributed by atoms with van der Waals surface area (Å²) < 4.78 is 39.9. The van der Waals surface area contributed by atoms with Gasteiger partial charge in [0.1, 0.15) is 0 Å². The number of carbonyl (C=O) groups is 1. The Morgan fingerprint density at radius 3 is 2.57 bits per heavy atom. The predicted octanol–water partition coefficient (Wildman–Crippen LogP) is 3.76. The number of aromatic nitrogens is 2. The molecule has 2 rings (SSSR count). The normalized spacial score (nSPS) is 11.5. The van der Waals surface area contributed by atoms with Crippen molar-refractivity contribution in [1.29, 1.82) is 0 Å². The number of nitrogens with one attached hydrogen (secondary N) is 1. The van der Waals surface area contributed by atoms with Crippen molar-refractivity contribution in [3.05, 3.63) is 45.7 Å². The molecule has 21 heavy (non-hydrogen) atoms. The minimum atomic E-state index is -4.47. The number of nitrogens with zero attached hydrogens (tertiary/aromatic N) is 2. The Bertz CT molecular complexity index is 694. The zero-order valence-electron chi connectivity index (χ0n) is 11.1. The molecule has 0 unspecified atom stereocenters. The lowest BCUT2D eigenvalue weighted by atomic mass is 10.2. The van der Waals surface area contributed by atoms with E-state index in [2.05, 4.69) is 26.3 Å². The maximum Gasteiger partial charge on any atom is 0.416 e. The number of hydrogen-bond donors (Lipinski definition) is 1. The van der Waals surface area contributed by atoms with Crippen LogP contribution in [0.2, 0.25) is 0 Å². The average Bonchev–Trinajstić information content (AvgIpc) is 2.71. The lowest BCUT2D eigenvalue weighted by Gasteiger charge is -2.11. The lowest BCUT2D eigenvalue weighted by Crippen LogP contribution is -2.14. The highest BCUT2D eigenvalue weighted by molar-refractivity contribution is 9.10. The van der Waals surface area contributed by atoms with E-state index in [1.165, 1.54) is 16.9 Å². The van der Waals surface area contributed by atoms with Gasteiger partial charge in [-0.1, -0.05) is 0 Å². The monoisotopic (exact) mass is 361 g/mol. The highest BCUT2D eigenvalue weighted by Gasteiger charge is 2.31. The molecule has 1 aromatic carbocycles. The molecule has 0 atom stereocenters. The Morgan fingerprint density at radius 2 is 2.05 bits per heavy atom. The Hall–Kier alpha value is -1.83. The third-order valence-electron chi connectivity index (χ3n) is 3.02. The molecule has 4 nitrogen and oxygen atoms in total. The van der Waals surface area contributed by atoms with Crippen LogP contribution in [-0.4, -0.2) is 15.7 Å². The lowest BCUT2D eigenvalue weighted by molar-refractivity contribution is -0.137. The predicted molar refractivity (Wildman–Crippen MR) is 75.0 cm³/mol. The smallest absolute Gasteiger partial charge is 0.321 e. The van der Waals surface area contributed by atoms with Crippen LogP contribution in [0.25, 0.3) is 0 Å². The zero-order chi connectivity index (χ0) is 15.8. The van der Waals surface area contributed by atoms with E-state index in [-0.39, 0.29) is 5.69 Å². The SMILES string of the molecule is Cc1c(C(=O)Nc2cc(C(F)(F)F)ccc2Br)cnn1C. The van der Waals surface area contributed by atoms with Crippen LogP contribution in [0.5, 0.6) is 0 Å². The summed E-state index contributed by atoms with van der Waals surface area (Å²) >= 11 is 3.12. The minimum Gasteiger partial charge on any atom is -0.321 e. The third kappa shape index (κ3) is 3.26. The van der Waals surface area contributed by atoms with Crippen LogP contribution in [0.1, 0.15) is 21.6 Å². The van der Waals surface area contributed by atoms with Crippen LogP contribution < -0.4 is 5.32 Å². The largest absolute Gasteiger partial charge is 0.416 e. The van der Waals surface area contributed by atoms with Gasteiger partial charge in [-0.2, -0.15) is 18.3 Å². The minimum absolute atomic E-state index is 0.0538. The number of benzene rings is 1. The van der Waals surface area contributed by atoms with Crippen molar-refractivity contribution < 1.29 is 18.0 Å². The second-order valence-corrected chi connectivity index (χ2v) is 5.27. The van der Waals surface area contributed by atoms with Crippen LogP contribution in [0.4, 0.5) is 18.9 Å². The summed E-state index contributed by atoms with van der Waals surface area (Å²) in [5.41, 5.74) is 0.152. The first kappa shape index (κ1) is 15.6. The van der Waals surface area contributed by atoms with Gasteiger partial charge in [-0.25, -0.2) is 0 Å². The molecule has 112 valence electrons. The fraction of sp³-hybridized carbons (Fsp3) is 0.231. The molecule has 0 saturated carbocycles. The fourth-order valence-electron chi connectivity index (χ4n) is 1.71. The summed E-state index contributed by atoms with van der Waals surface area (Å²) in [4.78, 5) is 12.1. The van der Waals surface area contributed by atoms with Crippen LogP contribution in [0.3, 0.4) is 0 Å². The second kappa shape index (κ2) is 5.51. The number of amides is 1. The number of halogens is 4. The first-order chi connectivity index (χ1) is 9.70. The van der Waals surface area contributed by atoms with E-state index in [4.69, 9.17) is 0 Å². The molecule has 0 radical (unpaired) electrons. The van der Waals surface area contributed by atoms with Crippen molar-refractivity contribution in [3.63, 3.8) is 0 Å². The van der Waals surface area contributed by atoms with Crippen molar-refractivity contribution in [2.45, 2.75) is 13.1 Å². The molecule has 0 bridgehead atoms. The first-order valence-corrected chi connectivity index (χ1v) is 6.66. The molecule has 0 aliphatic carbocycles. The quantitative estimate of drug-likeness (QED) is 0.884. The number of carbonyl (C=O) groups excluding carboxylic acids is 1. The van der Waals surface area contributed by atoms with Crippen molar-refractivity contribution in [2.75, 3.05) is 5.32 Å². The molecular weight excluding hydrogens is 351 g/mol. The van der Waals surface area contributed by atoms with E-state index in [9.17, 15) is 18.0 Å². The molecule has 1 N–H and O–H groups in total. The van der Waals surface area contributed by atoms with Gasteiger partial charge in [0.25, 0.3) is 5.91 Å². The standard InChI is InChI=1S/C13H11BrF3N3O/c1-7-9(6-18-20(7)2)12(21)19-11-5-8(13(15,16)17)3-4-10(11)14/h3-6H,1-2H3,(H,19,21). The van der Waals surface area contributed by atoms with E-state index in [0.717, 1.165) is 12.1 Å². The van der Waals surface area contributed by atoms with Crippen LogP contribution in [0.15, 0.2) is 28.9 Å². The van der Waals surface area contributed by atoms with Gasteiger partial charge in [-0.15, -0.1) is 0 Å². The van der Waals surface area contributed by atoms with E-state index >= 15 is 0 Å². The van der Waals surface area contributed by atoms with Gasteiger partial charge in [0.05, 0.1) is 23.0 Å². The summed E-state index contributed by atoms with van der Waals surface area (Å²) in [5, 5.41) is 6.38. The maximum absolute atomic E-state index is 12.7. The van der Waals surface area contributed by atoms with Gasteiger partial charge < -0.3 is 5.32 Å². The Labute approximate surface area is 127 Å². The number of aryl methyl sites for hydroxylation is 1. The molecule has 0 aliphatic rings.